The number of carbonyl (C=O) groups excluding carboxylic acids is 1. The van der Waals surface area contributed by atoms with Crippen LogP contribution in [0.15, 0.2) is 18.2 Å². The van der Waals surface area contributed by atoms with Gasteiger partial charge in [-0.1, -0.05) is 24.5 Å². The highest BCUT2D eigenvalue weighted by molar-refractivity contribution is 5.95. The summed E-state index contributed by atoms with van der Waals surface area (Å²) >= 11 is 0. The van der Waals surface area contributed by atoms with Crippen LogP contribution in [-0.4, -0.2) is 12.6 Å². The zero-order valence-corrected chi connectivity index (χ0v) is 9.53. The third-order valence-corrected chi connectivity index (χ3v) is 2.88. The molecule has 2 N–H and O–H groups in total. The van der Waals surface area contributed by atoms with Gasteiger partial charge in [-0.2, -0.15) is 0 Å². The van der Waals surface area contributed by atoms with E-state index in [0.717, 1.165) is 17.9 Å². The molecule has 0 bridgehead atoms. The molecule has 0 heterocycles. The van der Waals surface area contributed by atoms with Crippen molar-refractivity contribution in [2.24, 2.45) is 5.92 Å². The van der Waals surface area contributed by atoms with E-state index in [9.17, 15) is 4.79 Å². The first kappa shape index (κ1) is 11.0. The maximum absolute atomic E-state index is 11.7. The Morgan fingerprint density at radius 3 is 2.94 bits per heavy atom. The van der Waals surface area contributed by atoms with Gasteiger partial charge in [0.1, 0.15) is 0 Å². The summed E-state index contributed by atoms with van der Waals surface area (Å²) in [6.45, 7) is 2.44. The number of nitrogen functional groups attached to an aromatic ring is 1. The van der Waals surface area contributed by atoms with E-state index in [1.54, 1.807) is 12.1 Å². The fourth-order valence-electron chi connectivity index (χ4n) is 1.65. The average molecular weight is 219 g/mol. The molecule has 0 aliphatic heterocycles. The summed E-state index contributed by atoms with van der Waals surface area (Å²) in [7, 11) is 0. The number of aryl methyl sites for hydroxylation is 1. The summed E-state index contributed by atoms with van der Waals surface area (Å²) in [4.78, 5) is 11.7. The number of benzene rings is 1. The van der Waals surface area contributed by atoms with Crippen molar-refractivity contribution in [3.63, 3.8) is 0 Å². The normalized spacial score (nSPS) is 14.8. The number of hydrogen-bond donors (Lipinski definition) is 1. The molecule has 0 saturated heterocycles. The second-order valence-corrected chi connectivity index (χ2v) is 4.46. The topological polar surface area (TPSA) is 52.3 Å². The zero-order chi connectivity index (χ0) is 11.5. The SMILES string of the molecule is Cc1ccc(N)c(C(=O)OCCC2CC2)c1. The maximum atomic E-state index is 11.7. The van der Waals surface area contributed by atoms with E-state index in [4.69, 9.17) is 10.5 Å². The Bertz CT molecular complexity index is 397. The van der Waals surface area contributed by atoms with Crippen molar-refractivity contribution in [2.45, 2.75) is 26.2 Å². The Balaban J connectivity index is 1.93. The fourth-order valence-corrected chi connectivity index (χ4v) is 1.65. The van der Waals surface area contributed by atoms with E-state index in [2.05, 4.69) is 0 Å². The molecule has 0 atom stereocenters. The second-order valence-electron chi connectivity index (χ2n) is 4.46. The van der Waals surface area contributed by atoms with Crippen LogP contribution in [0.2, 0.25) is 0 Å². The average Bonchev–Trinajstić information content (AvgIpc) is 3.05. The van der Waals surface area contributed by atoms with Crippen LogP contribution in [0.3, 0.4) is 0 Å². The number of esters is 1. The lowest BCUT2D eigenvalue weighted by atomic mass is 10.1. The Morgan fingerprint density at radius 1 is 1.50 bits per heavy atom. The lowest BCUT2D eigenvalue weighted by Gasteiger charge is -2.07. The van der Waals surface area contributed by atoms with E-state index in [0.29, 0.717) is 17.9 Å². The van der Waals surface area contributed by atoms with E-state index in [1.165, 1.54) is 12.8 Å². The van der Waals surface area contributed by atoms with Gasteiger partial charge in [0, 0.05) is 5.69 Å². The molecule has 0 unspecified atom stereocenters. The number of anilines is 1. The van der Waals surface area contributed by atoms with E-state index >= 15 is 0 Å². The number of carbonyl (C=O) groups is 1. The Kier molecular flexibility index (Phi) is 3.13. The van der Waals surface area contributed by atoms with Gasteiger partial charge < -0.3 is 10.5 Å². The van der Waals surface area contributed by atoms with Gasteiger partial charge in [-0.3, -0.25) is 0 Å². The highest BCUT2D eigenvalue weighted by atomic mass is 16.5. The van der Waals surface area contributed by atoms with Crippen molar-refractivity contribution >= 4 is 11.7 Å². The van der Waals surface area contributed by atoms with Crippen LogP contribution in [0.4, 0.5) is 5.69 Å². The van der Waals surface area contributed by atoms with Gasteiger partial charge in [0.2, 0.25) is 0 Å². The highest BCUT2D eigenvalue weighted by Gasteiger charge is 2.21. The van der Waals surface area contributed by atoms with Crippen molar-refractivity contribution in [2.75, 3.05) is 12.3 Å². The molecule has 1 aliphatic rings. The quantitative estimate of drug-likeness (QED) is 0.625. The van der Waals surface area contributed by atoms with Gasteiger partial charge in [-0.05, 0) is 31.4 Å². The molecule has 0 aromatic heterocycles. The van der Waals surface area contributed by atoms with Crippen molar-refractivity contribution in [3.8, 4) is 0 Å². The first-order chi connectivity index (χ1) is 7.66. The minimum Gasteiger partial charge on any atom is -0.462 e. The lowest BCUT2D eigenvalue weighted by molar-refractivity contribution is 0.0496. The van der Waals surface area contributed by atoms with E-state index in [-0.39, 0.29) is 5.97 Å². The summed E-state index contributed by atoms with van der Waals surface area (Å²) < 4.78 is 5.20. The molecule has 3 nitrogen and oxygen atoms in total. The summed E-state index contributed by atoms with van der Waals surface area (Å²) in [5, 5.41) is 0. The van der Waals surface area contributed by atoms with Crippen LogP contribution in [0, 0.1) is 12.8 Å². The van der Waals surface area contributed by atoms with Gasteiger partial charge in [-0.25, -0.2) is 4.79 Å². The highest BCUT2D eigenvalue weighted by Crippen LogP contribution is 2.32. The predicted molar refractivity (Wildman–Crippen MR) is 63.2 cm³/mol. The van der Waals surface area contributed by atoms with Crippen molar-refractivity contribution in [1.82, 2.24) is 0 Å². The van der Waals surface area contributed by atoms with Gasteiger partial charge in [0.15, 0.2) is 0 Å². The summed E-state index contributed by atoms with van der Waals surface area (Å²) in [6, 6.07) is 5.40. The van der Waals surface area contributed by atoms with Gasteiger partial charge >= 0.3 is 5.97 Å². The lowest BCUT2D eigenvalue weighted by Crippen LogP contribution is -2.09. The third kappa shape index (κ3) is 2.75. The molecule has 1 aliphatic carbocycles. The molecule has 0 spiro atoms. The Hall–Kier alpha value is -1.51. The van der Waals surface area contributed by atoms with Crippen molar-refractivity contribution < 1.29 is 9.53 Å². The smallest absolute Gasteiger partial charge is 0.340 e. The third-order valence-electron chi connectivity index (χ3n) is 2.88. The van der Waals surface area contributed by atoms with Crippen LogP contribution in [0.5, 0.6) is 0 Å². The van der Waals surface area contributed by atoms with E-state index < -0.39 is 0 Å². The minimum atomic E-state index is -0.304. The molecule has 1 aromatic carbocycles. The Labute approximate surface area is 95.6 Å². The van der Waals surface area contributed by atoms with E-state index in [1.807, 2.05) is 13.0 Å². The van der Waals surface area contributed by atoms with Crippen LogP contribution in [0.1, 0.15) is 35.2 Å². The standard InChI is InChI=1S/C13H17NO2/c1-9-2-5-12(14)11(8-9)13(15)16-7-6-10-3-4-10/h2,5,8,10H,3-4,6-7,14H2,1H3. The fraction of sp³-hybridized carbons (Fsp3) is 0.462. The molecule has 2 rings (SSSR count). The number of hydrogen-bond acceptors (Lipinski definition) is 3. The Morgan fingerprint density at radius 2 is 2.25 bits per heavy atom. The number of ether oxygens (including phenoxy) is 1. The molecule has 1 aromatic rings. The monoisotopic (exact) mass is 219 g/mol. The van der Waals surface area contributed by atoms with Crippen LogP contribution < -0.4 is 5.73 Å². The molecule has 86 valence electrons. The first-order valence-electron chi connectivity index (χ1n) is 5.70. The molecular weight excluding hydrogens is 202 g/mol. The van der Waals surface area contributed by atoms with Crippen LogP contribution in [-0.2, 0) is 4.74 Å². The number of rotatable bonds is 4. The minimum absolute atomic E-state index is 0.304. The zero-order valence-electron chi connectivity index (χ0n) is 9.53. The van der Waals surface area contributed by atoms with Crippen LogP contribution >= 0.6 is 0 Å². The molecule has 3 heteroatoms. The summed E-state index contributed by atoms with van der Waals surface area (Å²) in [5.74, 6) is 0.476. The first-order valence-corrected chi connectivity index (χ1v) is 5.70. The molecule has 1 saturated carbocycles. The molecule has 16 heavy (non-hydrogen) atoms. The maximum Gasteiger partial charge on any atom is 0.340 e. The summed E-state index contributed by atoms with van der Waals surface area (Å²) in [5.41, 5.74) is 7.72. The second kappa shape index (κ2) is 4.56. The molecule has 1 fully saturated rings. The van der Waals surface area contributed by atoms with Gasteiger partial charge in [0.05, 0.1) is 12.2 Å². The molecule has 0 amide bonds. The largest absolute Gasteiger partial charge is 0.462 e. The van der Waals surface area contributed by atoms with Gasteiger partial charge in [-0.15, -0.1) is 0 Å². The number of nitrogens with two attached hydrogens (primary N) is 1. The van der Waals surface area contributed by atoms with Crippen molar-refractivity contribution in [3.05, 3.63) is 29.3 Å². The molecular formula is C13H17NO2. The van der Waals surface area contributed by atoms with Crippen molar-refractivity contribution in [1.29, 1.82) is 0 Å². The molecule has 0 radical (unpaired) electrons. The van der Waals surface area contributed by atoms with Crippen LogP contribution in [0.25, 0.3) is 0 Å². The predicted octanol–water partition coefficient (Wildman–Crippen LogP) is 2.53. The van der Waals surface area contributed by atoms with Gasteiger partial charge in [0.25, 0.3) is 0 Å². The summed E-state index contributed by atoms with van der Waals surface area (Å²) in [6.07, 6.45) is 3.55.